The summed E-state index contributed by atoms with van der Waals surface area (Å²) < 4.78 is 1.86. The number of anilines is 1. The SMILES string of the molecule is Cc1cc2c(-n3nc(C)c(C)c3C)nc(NN)nc2s1. The highest BCUT2D eigenvalue weighted by Crippen LogP contribution is 2.29. The van der Waals surface area contributed by atoms with E-state index in [-0.39, 0.29) is 0 Å². The van der Waals surface area contributed by atoms with Gasteiger partial charge < -0.3 is 0 Å². The molecule has 0 saturated carbocycles. The lowest BCUT2D eigenvalue weighted by molar-refractivity contribution is 0.810. The van der Waals surface area contributed by atoms with E-state index in [1.54, 1.807) is 11.3 Å². The smallest absolute Gasteiger partial charge is 0.240 e. The van der Waals surface area contributed by atoms with Gasteiger partial charge in [0, 0.05) is 10.6 Å². The third kappa shape index (κ3) is 1.86. The Hall–Kier alpha value is -1.99. The summed E-state index contributed by atoms with van der Waals surface area (Å²) in [6, 6.07) is 2.08. The second-order valence-electron chi connectivity index (χ2n) is 4.80. The molecule has 3 heterocycles. The van der Waals surface area contributed by atoms with Gasteiger partial charge in [-0.05, 0) is 39.3 Å². The van der Waals surface area contributed by atoms with Crippen LogP contribution in [0.4, 0.5) is 5.95 Å². The first-order valence-electron chi connectivity index (χ1n) is 6.29. The lowest BCUT2D eigenvalue weighted by Crippen LogP contribution is -2.13. The molecule has 0 amide bonds. The number of hydrazine groups is 1. The molecule has 0 aromatic carbocycles. The zero-order valence-corrected chi connectivity index (χ0v) is 12.7. The van der Waals surface area contributed by atoms with Crippen LogP contribution in [0.25, 0.3) is 16.0 Å². The largest absolute Gasteiger partial charge is 0.292 e. The van der Waals surface area contributed by atoms with Gasteiger partial charge in [-0.15, -0.1) is 11.3 Å². The Labute approximate surface area is 120 Å². The molecule has 3 N–H and O–H groups in total. The average molecular weight is 288 g/mol. The minimum absolute atomic E-state index is 0.402. The van der Waals surface area contributed by atoms with Crippen LogP contribution >= 0.6 is 11.3 Å². The summed E-state index contributed by atoms with van der Waals surface area (Å²) in [5.74, 6) is 6.63. The Morgan fingerprint density at radius 2 is 1.95 bits per heavy atom. The fourth-order valence-corrected chi connectivity index (χ4v) is 3.05. The van der Waals surface area contributed by atoms with E-state index in [1.807, 2.05) is 18.5 Å². The van der Waals surface area contributed by atoms with Gasteiger partial charge in [-0.25, -0.2) is 15.5 Å². The maximum absolute atomic E-state index is 5.47. The van der Waals surface area contributed by atoms with Gasteiger partial charge in [0.2, 0.25) is 5.95 Å². The van der Waals surface area contributed by atoms with Crippen molar-refractivity contribution < 1.29 is 0 Å². The molecule has 0 spiro atoms. The van der Waals surface area contributed by atoms with Gasteiger partial charge in [0.1, 0.15) is 4.83 Å². The van der Waals surface area contributed by atoms with Gasteiger partial charge in [0.25, 0.3) is 0 Å². The summed E-state index contributed by atoms with van der Waals surface area (Å²) >= 11 is 1.62. The van der Waals surface area contributed by atoms with Crippen molar-refractivity contribution in [3.63, 3.8) is 0 Å². The Kier molecular flexibility index (Phi) is 2.95. The van der Waals surface area contributed by atoms with Gasteiger partial charge in [-0.2, -0.15) is 10.1 Å². The molecule has 0 radical (unpaired) electrons. The maximum atomic E-state index is 5.47. The topological polar surface area (TPSA) is 81.7 Å². The van der Waals surface area contributed by atoms with E-state index in [0.29, 0.717) is 5.95 Å². The van der Waals surface area contributed by atoms with Crippen LogP contribution in [0, 0.1) is 27.7 Å². The van der Waals surface area contributed by atoms with E-state index in [0.717, 1.165) is 27.4 Å². The molecule has 0 aliphatic rings. The van der Waals surface area contributed by atoms with Crippen LogP contribution in [0.15, 0.2) is 6.07 Å². The number of rotatable bonds is 2. The summed E-state index contributed by atoms with van der Waals surface area (Å²) in [5, 5.41) is 5.57. The van der Waals surface area contributed by atoms with Gasteiger partial charge in [-0.3, -0.25) is 5.43 Å². The molecule has 3 aromatic heterocycles. The van der Waals surface area contributed by atoms with Crippen LogP contribution in [0.2, 0.25) is 0 Å². The lowest BCUT2D eigenvalue weighted by atomic mass is 10.2. The maximum Gasteiger partial charge on any atom is 0.240 e. The molecule has 3 aromatic rings. The predicted octanol–water partition coefficient (Wildman–Crippen LogP) is 2.40. The molecule has 0 aliphatic carbocycles. The zero-order chi connectivity index (χ0) is 14.4. The van der Waals surface area contributed by atoms with Crippen molar-refractivity contribution in [2.45, 2.75) is 27.7 Å². The average Bonchev–Trinajstić information content (AvgIpc) is 2.92. The molecule has 0 saturated heterocycles. The fraction of sp³-hybridized carbons (Fsp3) is 0.308. The van der Waals surface area contributed by atoms with Crippen LogP contribution in [0.1, 0.15) is 21.8 Å². The van der Waals surface area contributed by atoms with Gasteiger partial charge in [-0.1, -0.05) is 0 Å². The third-order valence-electron chi connectivity index (χ3n) is 3.48. The molecule has 0 bridgehead atoms. The summed E-state index contributed by atoms with van der Waals surface area (Å²) in [4.78, 5) is 11.0. The molecule has 0 fully saturated rings. The zero-order valence-electron chi connectivity index (χ0n) is 11.9. The summed E-state index contributed by atoms with van der Waals surface area (Å²) in [6.07, 6.45) is 0. The minimum Gasteiger partial charge on any atom is -0.292 e. The molecule has 0 aliphatic heterocycles. The number of fused-ring (bicyclic) bond motifs is 1. The lowest BCUT2D eigenvalue weighted by Gasteiger charge is -2.07. The number of nitrogens with one attached hydrogen (secondary N) is 1. The molecular weight excluding hydrogens is 272 g/mol. The second kappa shape index (κ2) is 4.53. The number of hydrogen-bond acceptors (Lipinski definition) is 6. The molecule has 6 nitrogen and oxygen atoms in total. The van der Waals surface area contributed by atoms with Crippen LogP contribution < -0.4 is 11.3 Å². The van der Waals surface area contributed by atoms with Crippen molar-refractivity contribution in [3.05, 3.63) is 27.9 Å². The fourth-order valence-electron chi connectivity index (χ4n) is 2.18. The number of nitrogens with zero attached hydrogens (tertiary/aromatic N) is 4. The normalized spacial score (nSPS) is 11.2. The highest BCUT2D eigenvalue weighted by Gasteiger charge is 2.16. The van der Waals surface area contributed by atoms with Crippen LogP contribution in [-0.4, -0.2) is 19.7 Å². The number of hydrogen-bond donors (Lipinski definition) is 2. The number of thiophene rings is 1. The first-order chi connectivity index (χ1) is 9.51. The quantitative estimate of drug-likeness (QED) is 0.559. The molecule has 104 valence electrons. The van der Waals surface area contributed by atoms with E-state index in [2.05, 4.69) is 40.4 Å². The van der Waals surface area contributed by atoms with Crippen LogP contribution in [-0.2, 0) is 0 Å². The summed E-state index contributed by atoms with van der Waals surface area (Å²) in [5.41, 5.74) is 5.78. The number of aryl methyl sites for hydroxylation is 2. The molecular formula is C13H16N6S. The predicted molar refractivity (Wildman–Crippen MR) is 81.3 cm³/mol. The van der Waals surface area contributed by atoms with Crippen LogP contribution in [0.3, 0.4) is 0 Å². The Bertz CT molecular complexity index is 801. The first kappa shape index (κ1) is 13.0. The molecule has 3 rings (SSSR count). The van der Waals surface area contributed by atoms with E-state index in [9.17, 15) is 0 Å². The van der Waals surface area contributed by atoms with E-state index in [1.165, 1.54) is 10.4 Å². The van der Waals surface area contributed by atoms with Crippen molar-refractivity contribution >= 4 is 27.5 Å². The van der Waals surface area contributed by atoms with Crippen molar-refractivity contribution in [1.29, 1.82) is 0 Å². The number of aromatic nitrogens is 4. The highest BCUT2D eigenvalue weighted by molar-refractivity contribution is 7.18. The van der Waals surface area contributed by atoms with Crippen molar-refractivity contribution in [1.82, 2.24) is 19.7 Å². The van der Waals surface area contributed by atoms with E-state index < -0.39 is 0 Å². The van der Waals surface area contributed by atoms with Crippen molar-refractivity contribution in [2.24, 2.45) is 5.84 Å². The third-order valence-corrected chi connectivity index (χ3v) is 4.42. The van der Waals surface area contributed by atoms with Gasteiger partial charge in [0.15, 0.2) is 5.82 Å². The highest BCUT2D eigenvalue weighted by atomic mass is 32.1. The number of nitrogens with two attached hydrogens (primary N) is 1. The second-order valence-corrected chi connectivity index (χ2v) is 6.03. The Morgan fingerprint density at radius 1 is 1.20 bits per heavy atom. The molecule has 0 unspecified atom stereocenters. The monoisotopic (exact) mass is 288 g/mol. The molecule has 7 heteroatoms. The molecule has 20 heavy (non-hydrogen) atoms. The summed E-state index contributed by atoms with van der Waals surface area (Å²) in [6.45, 7) is 8.15. The summed E-state index contributed by atoms with van der Waals surface area (Å²) in [7, 11) is 0. The number of nitrogen functional groups attached to an aromatic ring is 1. The van der Waals surface area contributed by atoms with Crippen LogP contribution in [0.5, 0.6) is 0 Å². The van der Waals surface area contributed by atoms with E-state index >= 15 is 0 Å². The minimum atomic E-state index is 0.402. The van der Waals surface area contributed by atoms with Crippen molar-refractivity contribution in [3.8, 4) is 5.82 Å². The standard InChI is InChI=1S/C13H16N6S/c1-6-5-10-11(15-13(17-14)16-12(10)20-6)19-9(4)7(2)8(3)18-19/h5H,14H2,1-4H3,(H,15,16,17). The first-order valence-corrected chi connectivity index (χ1v) is 7.11. The van der Waals surface area contributed by atoms with Gasteiger partial charge in [0.05, 0.1) is 11.1 Å². The Balaban J connectivity index is 2.36. The Morgan fingerprint density at radius 3 is 2.55 bits per heavy atom. The molecule has 0 atom stereocenters. The van der Waals surface area contributed by atoms with E-state index in [4.69, 9.17) is 5.84 Å². The van der Waals surface area contributed by atoms with Crippen molar-refractivity contribution in [2.75, 3.05) is 5.43 Å². The van der Waals surface area contributed by atoms with Gasteiger partial charge >= 0.3 is 0 Å².